The van der Waals surface area contributed by atoms with Crippen LogP contribution in [0.15, 0.2) is 18.2 Å². The highest BCUT2D eigenvalue weighted by molar-refractivity contribution is 6.31. The van der Waals surface area contributed by atoms with E-state index >= 15 is 0 Å². The first kappa shape index (κ1) is 17.2. The molecule has 0 unspecified atom stereocenters. The minimum Gasteiger partial charge on any atom is -0.355 e. The summed E-state index contributed by atoms with van der Waals surface area (Å²) in [6, 6.07) is 4.61. The van der Waals surface area contributed by atoms with Gasteiger partial charge < -0.3 is 10.2 Å². The van der Waals surface area contributed by atoms with Gasteiger partial charge >= 0.3 is 0 Å². The molecule has 130 valence electrons. The molecule has 6 heteroatoms. The Morgan fingerprint density at radius 2 is 2.25 bits per heavy atom. The number of piperidine rings is 1. The fraction of sp³-hybridized carbons (Fsp3) is 0.556. The molecule has 1 saturated heterocycles. The van der Waals surface area contributed by atoms with Crippen molar-refractivity contribution < 1.29 is 14.0 Å². The van der Waals surface area contributed by atoms with Crippen LogP contribution in [-0.2, 0) is 16.0 Å². The van der Waals surface area contributed by atoms with Gasteiger partial charge in [-0.2, -0.15) is 0 Å². The quantitative estimate of drug-likeness (QED) is 0.905. The number of rotatable bonds is 4. The molecule has 1 saturated carbocycles. The molecule has 1 aliphatic carbocycles. The molecule has 0 spiro atoms. The van der Waals surface area contributed by atoms with E-state index in [1.54, 1.807) is 6.07 Å². The van der Waals surface area contributed by atoms with Crippen LogP contribution in [0, 0.1) is 11.2 Å². The fourth-order valence-electron chi connectivity index (χ4n) is 4.22. The van der Waals surface area contributed by atoms with E-state index in [0.717, 1.165) is 25.7 Å². The molecule has 1 aliphatic heterocycles. The Morgan fingerprint density at radius 1 is 1.46 bits per heavy atom. The molecule has 4 nitrogen and oxygen atoms in total. The topological polar surface area (TPSA) is 49.4 Å². The van der Waals surface area contributed by atoms with E-state index < -0.39 is 5.82 Å². The number of carbonyl (C=O) groups excluding carboxylic acids is 2. The van der Waals surface area contributed by atoms with E-state index in [4.69, 9.17) is 11.6 Å². The van der Waals surface area contributed by atoms with Crippen molar-refractivity contribution in [2.75, 3.05) is 13.6 Å². The largest absolute Gasteiger partial charge is 0.355 e. The van der Waals surface area contributed by atoms with Crippen LogP contribution >= 0.6 is 11.6 Å². The van der Waals surface area contributed by atoms with Crippen molar-refractivity contribution in [1.29, 1.82) is 0 Å². The standard InChI is InChI=1S/C18H22ClFN2O2/c1-22-15-6-3-8-18(15,9-7-17(22)24)11-21-16(23)10-12-13(19)4-2-5-14(12)20/h2,4-5,15H,3,6-11H2,1H3,(H,21,23)/t15-,18+/m1/s1. The van der Waals surface area contributed by atoms with Gasteiger partial charge in [0.1, 0.15) is 5.82 Å². The first-order valence-electron chi connectivity index (χ1n) is 8.38. The van der Waals surface area contributed by atoms with Gasteiger partial charge in [-0.1, -0.05) is 24.1 Å². The number of amides is 2. The molecule has 24 heavy (non-hydrogen) atoms. The number of benzene rings is 1. The van der Waals surface area contributed by atoms with Gasteiger partial charge in [0, 0.05) is 42.1 Å². The molecule has 1 N–H and O–H groups in total. The second kappa shape index (κ2) is 6.71. The molecule has 1 heterocycles. The second-order valence-electron chi connectivity index (χ2n) is 6.93. The van der Waals surface area contributed by atoms with Gasteiger partial charge in [-0.15, -0.1) is 0 Å². The molecular weight excluding hydrogens is 331 g/mol. The molecular formula is C18H22ClFN2O2. The zero-order valence-corrected chi connectivity index (χ0v) is 14.5. The summed E-state index contributed by atoms with van der Waals surface area (Å²) < 4.78 is 13.8. The molecule has 0 bridgehead atoms. The van der Waals surface area contributed by atoms with Crippen LogP contribution in [0.4, 0.5) is 4.39 Å². The van der Waals surface area contributed by atoms with Crippen molar-refractivity contribution in [3.8, 4) is 0 Å². The van der Waals surface area contributed by atoms with Crippen molar-refractivity contribution >= 4 is 23.4 Å². The third kappa shape index (κ3) is 3.14. The Kier molecular flexibility index (Phi) is 4.81. The summed E-state index contributed by atoms with van der Waals surface area (Å²) in [5.41, 5.74) is 0.185. The smallest absolute Gasteiger partial charge is 0.224 e. The summed E-state index contributed by atoms with van der Waals surface area (Å²) in [5, 5.41) is 3.22. The summed E-state index contributed by atoms with van der Waals surface area (Å²) in [5.74, 6) is -0.513. The van der Waals surface area contributed by atoms with E-state index in [0.29, 0.717) is 13.0 Å². The highest BCUT2D eigenvalue weighted by Crippen LogP contribution is 2.47. The average molecular weight is 353 g/mol. The Bertz CT molecular complexity index is 646. The van der Waals surface area contributed by atoms with E-state index in [9.17, 15) is 14.0 Å². The summed E-state index contributed by atoms with van der Waals surface area (Å²) >= 11 is 5.98. The van der Waals surface area contributed by atoms with E-state index in [1.807, 2.05) is 11.9 Å². The number of carbonyl (C=O) groups is 2. The predicted molar refractivity (Wildman–Crippen MR) is 90.2 cm³/mol. The molecule has 1 aromatic carbocycles. The van der Waals surface area contributed by atoms with Crippen LogP contribution in [0.5, 0.6) is 0 Å². The normalized spacial score (nSPS) is 26.4. The Morgan fingerprint density at radius 3 is 3.00 bits per heavy atom. The van der Waals surface area contributed by atoms with E-state index in [-0.39, 0.29) is 40.3 Å². The molecule has 2 fully saturated rings. The van der Waals surface area contributed by atoms with Gasteiger partial charge in [0.25, 0.3) is 0 Å². The number of halogens is 2. The molecule has 3 rings (SSSR count). The summed E-state index contributed by atoms with van der Waals surface area (Å²) in [6.45, 7) is 0.528. The van der Waals surface area contributed by atoms with Crippen LogP contribution in [0.25, 0.3) is 0 Å². The van der Waals surface area contributed by atoms with Crippen LogP contribution in [-0.4, -0.2) is 36.3 Å². The Hall–Kier alpha value is -1.62. The lowest BCUT2D eigenvalue weighted by Gasteiger charge is -2.44. The maximum absolute atomic E-state index is 13.8. The van der Waals surface area contributed by atoms with Gasteiger partial charge in [0.05, 0.1) is 6.42 Å². The maximum atomic E-state index is 13.8. The maximum Gasteiger partial charge on any atom is 0.224 e. The number of likely N-dealkylation sites (tertiary alicyclic amines) is 1. The van der Waals surface area contributed by atoms with Crippen LogP contribution < -0.4 is 5.32 Å². The summed E-state index contributed by atoms with van der Waals surface area (Å²) in [7, 11) is 1.85. The molecule has 2 aliphatic rings. The monoisotopic (exact) mass is 352 g/mol. The average Bonchev–Trinajstić information content (AvgIpc) is 2.98. The number of hydrogen-bond acceptors (Lipinski definition) is 2. The molecule has 1 aromatic rings. The number of hydrogen-bond donors (Lipinski definition) is 1. The highest BCUT2D eigenvalue weighted by Gasteiger charge is 2.49. The SMILES string of the molecule is CN1C(=O)CC[C@]2(CNC(=O)Cc3c(F)cccc3Cl)CCC[C@@H]12. The van der Waals surface area contributed by atoms with Gasteiger partial charge in [-0.3, -0.25) is 9.59 Å². The lowest BCUT2D eigenvalue weighted by molar-refractivity contribution is -0.139. The van der Waals surface area contributed by atoms with Crippen molar-refractivity contribution in [2.24, 2.45) is 5.41 Å². The zero-order valence-electron chi connectivity index (χ0n) is 13.8. The first-order valence-corrected chi connectivity index (χ1v) is 8.76. The molecule has 2 amide bonds. The summed E-state index contributed by atoms with van der Waals surface area (Å²) in [6.07, 6.45) is 4.33. The van der Waals surface area contributed by atoms with Gasteiger partial charge in [0.15, 0.2) is 0 Å². The zero-order chi connectivity index (χ0) is 17.3. The number of fused-ring (bicyclic) bond motifs is 1. The van der Waals surface area contributed by atoms with Crippen molar-refractivity contribution in [1.82, 2.24) is 10.2 Å². The third-order valence-corrected chi connectivity index (χ3v) is 5.95. The Balaban J connectivity index is 1.65. The summed E-state index contributed by atoms with van der Waals surface area (Å²) in [4.78, 5) is 26.0. The van der Waals surface area contributed by atoms with Crippen LogP contribution in [0.2, 0.25) is 5.02 Å². The van der Waals surface area contributed by atoms with Gasteiger partial charge in [-0.05, 0) is 31.4 Å². The Labute approximate surface area is 146 Å². The molecule has 0 aromatic heterocycles. The van der Waals surface area contributed by atoms with Gasteiger partial charge in [-0.25, -0.2) is 4.39 Å². The number of nitrogens with one attached hydrogen (secondary N) is 1. The van der Waals surface area contributed by atoms with Crippen LogP contribution in [0.1, 0.15) is 37.7 Å². The van der Waals surface area contributed by atoms with E-state index in [1.165, 1.54) is 12.1 Å². The third-order valence-electron chi connectivity index (χ3n) is 5.59. The van der Waals surface area contributed by atoms with Crippen molar-refractivity contribution in [3.63, 3.8) is 0 Å². The second-order valence-corrected chi connectivity index (χ2v) is 7.34. The predicted octanol–water partition coefficient (Wildman–Crippen LogP) is 2.93. The molecule has 2 atom stereocenters. The fourth-order valence-corrected chi connectivity index (χ4v) is 4.45. The van der Waals surface area contributed by atoms with Crippen LogP contribution in [0.3, 0.4) is 0 Å². The van der Waals surface area contributed by atoms with E-state index in [2.05, 4.69) is 5.32 Å². The lowest BCUT2D eigenvalue weighted by Crippen LogP contribution is -2.54. The first-order chi connectivity index (χ1) is 11.4. The highest BCUT2D eigenvalue weighted by atomic mass is 35.5. The molecule has 0 radical (unpaired) electrons. The van der Waals surface area contributed by atoms with Gasteiger partial charge in [0.2, 0.25) is 11.8 Å². The minimum absolute atomic E-state index is 0.0443. The number of nitrogens with zero attached hydrogens (tertiary/aromatic N) is 1. The lowest BCUT2D eigenvalue weighted by atomic mass is 9.74. The van der Waals surface area contributed by atoms with Crippen molar-refractivity contribution in [3.05, 3.63) is 34.6 Å². The minimum atomic E-state index is -0.461. The van der Waals surface area contributed by atoms with Crippen molar-refractivity contribution in [2.45, 2.75) is 44.6 Å².